The van der Waals surface area contributed by atoms with E-state index in [1.165, 1.54) is 12.1 Å². The van der Waals surface area contributed by atoms with Gasteiger partial charge in [0, 0.05) is 23.3 Å². The van der Waals surface area contributed by atoms with Gasteiger partial charge in [0.05, 0.1) is 7.11 Å². The molecule has 0 radical (unpaired) electrons. The van der Waals surface area contributed by atoms with Gasteiger partial charge in [0.2, 0.25) is 0 Å². The van der Waals surface area contributed by atoms with Gasteiger partial charge in [-0.25, -0.2) is 4.39 Å². The lowest BCUT2D eigenvalue weighted by atomic mass is 9.84. The number of benzene rings is 1. The molecule has 0 saturated carbocycles. The number of halogens is 1. The summed E-state index contributed by atoms with van der Waals surface area (Å²) in [5.41, 5.74) is 13.8. The predicted molar refractivity (Wildman–Crippen MR) is 76.9 cm³/mol. The zero-order valence-corrected chi connectivity index (χ0v) is 11.5. The number of fused-ring (bicyclic) bond motifs is 1. The van der Waals surface area contributed by atoms with Crippen LogP contribution in [0.25, 0.3) is 0 Å². The maximum Gasteiger partial charge on any atom is 0.193 e. The normalized spacial score (nSPS) is 20.9. The van der Waals surface area contributed by atoms with Gasteiger partial charge in [-0.15, -0.1) is 0 Å². The van der Waals surface area contributed by atoms with E-state index in [1.54, 1.807) is 25.3 Å². The molecule has 1 aliphatic heterocycles. The molecule has 0 fully saturated rings. The topological polar surface area (TPSA) is 70.5 Å². The molecule has 3 rings (SSSR count). The molecule has 4 nitrogen and oxygen atoms in total. The van der Waals surface area contributed by atoms with Gasteiger partial charge in [-0.2, -0.15) is 0 Å². The molecule has 5 heteroatoms. The minimum Gasteiger partial charge on any atom is -0.493 e. The molecule has 0 spiro atoms. The summed E-state index contributed by atoms with van der Waals surface area (Å²) < 4.78 is 24.3. The number of hydrogen-bond donors (Lipinski definition) is 2. The summed E-state index contributed by atoms with van der Waals surface area (Å²) in [6, 6.07) is 6.39. The van der Waals surface area contributed by atoms with Crippen molar-refractivity contribution in [3.63, 3.8) is 0 Å². The van der Waals surface area contributed by atoms with Gasteiger partial charge in [0.15, 0.2) is 17.4 Å². The summed E-state index contributed by atoms with van der Waals surface area (Å²) in [7, 11) is 1.54. The number of methoxy groups -OCH3 is 1. The van der Waals surface area contributed by atoms with Crippen molar-refractivity contribution in [1.29, 1.82) is 0 Å². The molecule has 108 valence electrons. The molecule has 1 heterocycles. The maximum atomic E-state index is 13.5. The van der Waals surface area contributed by atoms with E-state index < -0.39 is 0 Å². The van der Waals surface area contributed by atoms with Crippen LogP contribution >= 0.6 is 0 Å². The smallest absolute Gasteiger partial charge is 0.193 e. The van der Waals surface area contributed by atoms with E-state index in [0.29, 0.717) is 17.2 Å². The summed E-state index contributed by atoms with van der Waals surface area (Å²) in [5, 5.41) is 0. The molecule has 1 aliphatic carbocycles. The highest BCUT2D eigenvalue weighted by molar-refractivity contribution is 5.54. The molecule has 1 unspecified atom stereocenters. The maximum absolute atomic E-state index is 13.5. The second-order valence-corrected chi connectivity index (χ2v) is 4.81. The zero-order chi connectivity index (χ0) is 15.0. The summed E-state index contributed by atoms with van der Waals surface area (Å²) >= 11 is 0. The van der Waals surface area contributed by atoms with Crippen LogP contribution < -0.4 is 11.5 Å². The minimum atomic E-state index is -0.296. The number of hydrogen-bond acceptors (Lipinski definition) is 4. The van der Waals surface area contributed by atoms with E-state index >= 15 is 0 Å². The molecule has 1 aromatic carbocycles. The van der Waals surface area contributed by atoms with E-state index in [1.807, 2.05) is 12.1 Å². The average molecular weight is 286 g/mol. The van der Waals surface area contributed by atoms with Crippen LogP contribution in [0.1, 0.15) is 11.5 Å². The van der Waals surface area contributed by atoms with Gasteiger partial charge in [0.25, 0.3) is 0 Å². The average Bonchev–Trinajstić information content (AvgIpc) is 2.46. The van der Waals surface area contributed by atoms with Gasteiger partial charge in [-0.1, -0.05) is 18.2 Å². The third-order valence-corrected chi connectivity index (χ3v) is 3.48. The van der Waals surface area contributed by atoms with Crippen LogP contribution in [0.5, 0.6) is 0 Å². The quantitative estimate of drug-likeness (QED) is 0.875. The van der Waals surface area contributed by atoms with E-state index in [4.69, 9.17) is 20.9 Å². The van der Waals surface area contributed by atoms with Crippen LogP contribution in [-0.4, -0.2) is 7.11 Å². The molecule has 2 aliphatic rings. The van der Waals surface area contributed by atoms with Crippen molar-refractivity contribution in [3.8, 4) is 0 Å². The first kappa shape index (κ1) is 13.3. The molecule has 4 N–H and O–H groups in total. The summed E-state index contributed by atoms with van der Waals surface area (Å²) in [6.45, 7) is 0. The fourth-order valence-electron chi connectivity index (χ4n) is 2.56. The van der Waals surface area contributed by atoms with E-state index in [2.05, 4.69) is 0 Å². The SMILES string of the molecule is COC1=C2OC(N)=CC(N)=C2C(c2cccc(F)c2)C=C1. The summed E-state index contributed by atoms with van der Waals surface area (Å²) in [4.78, 5) is 0. The first-order valence-corrected chi connectivity index (χ1v) is 6.47. The third kappa shape index (κ3) is 2.27. The first-order valence-electron chi connectivity index (χ1n) is 6.47. The highest BCUT2D eigenvalue weighted by Gasteiger charge is 2.31. The highest BCUT2D eigenvalue weighted by Crippen LogP contribution is 2.41. The lowest BCUT2D eigenvalue weighted by Gasteiger charge is -2.29. The van der Waals surface area contributed by atoms with Crippen LogP contribution in [-0.2, 0) is 9.47 Å². The Bertz CT molecular complexity index is 717. The van der Waals surface area contributed by atoms with Gasteiger partial charge in [-0.3, -0.25) is 0 Å². The van der Waals surface area contributed by atoms with Crippen molar-refractivity contribution < 1.29 is 13.9 Å². The fourth-order valence-corrected chi connectivity index (χ4v) is 2.56. The molecule has 21 heavy (non-hydrogen) atoms. The number of allylic oxidation sites excluding steroid dienone is 4. The fraction of sp³-hybridized carbons (Fsp3) is 0.125. The Morgan fingerprint density at radius 1 is 1.29 bits per heavy atom. The second-order valence-electron chi connectivity index (χ2n) is 4.81. The Hall–Kier alpha value is -2.69. The Morgan fingerprint density at radius 2 is 2.10 bits per heavy atom. The van der Waals surface area contributed by atoms with Gasteiger partial charge in [0.1, 0.15) is 5.82 Å². The molecular formula is C16H15FN2O2. The number of rotatable bonds is 2. The molecule has 0 saturated heterocycles. The zero-order valence-electron chi connectivity index (χ0n) is 11.5. The van der Waals surface area contributed by atoms with Gasteiger partial charge >= 0.3 is 0 Å². The van der Waals surface area contributed by atoms with Crippen molar-refractivity contribution >= 4 is 0 Å². The van der Waals surface area contributed by atoms with E-state index in [0.717, 1.165) is 11.1 Å². The summed E-state index contributed by atoms with van der Waals surface area (Å²) in [5.74, 6) is 0.714. The van der Waals surface area contributed by atoms with Crippen LogP contribution in [0.4, 0.5) is 4.39 Å². The molecule has 0 amide bonds. The molecule has 0 bridgehead atoms. The van der Waals surface area contributed by atoms with Crippen LogP contribution in [0.15, 0.2) is 71.2 Å². The predicted octanol–water partition coefficient (Wildman–Crippen LogP) is 2.38. The van der Waals surface area contributed by atoms with Gasteiger partial charge < -0.3 is 20.9 Å². The molecule has 1 atom stereocenters. The van der Waals surface area contributed by atoms with Crippen molar-refractivity contribution in [2.24, 2.45) is 11.5 Å². The largest absolute Gasteiger partial charge is 0.493 e. The van der Waals surface area contributed by atoms with Crippen molar-refractivity contribution in [1.82, 2.24) is 0 Å². The lowest BCUT2D eigenvalue weighted by Crippen LogP contribution is -2.22. The van der Waals surface area contributed by atoms with Crippen molar-refractivity contribution in [3.05, 3.63) is 82.5 Å². The molecule has 0 aromatic heterocycles. The Morgan fingerprint density at radius 3 is 2.81 bits per heavy atom. The third-order valence-electron chi connectivity index (χ3n) is 3.48. The Labute approximate surface area is 121 Å². The van der Waals surface area contributed by atoms with Crippen LogP contribution in [0.3, 0.4) is 0 Å². The van der Waals surface area contributed by atoms with Crippen molar-refractivity contribution in [2.75, 3.05) is 7.11 Å². The minimum absolute atomic E-state index is 0.203. The lowest BCUT2D eigenvalue weighted by molar-refractivity contribution is 0.235. The van der Waals surface area contributed by atoms with Crippen molar-refractivity contribution in [2.45, 2.75) is 5.92 Å². The Kier molecular flexibility index (Phi) is 3.17. The molecular weight excluding hydrogens is 271 g/mol. The number of nitrogens with two attached hydrogens (primary N) is 2. The standard InChI is InChI=1S/C16H15FN2O2/c1-20-13-6-5-11(9-3-2-4-10(17)7-9)15-12(18)8-14(19)21-16(13)15/h2-8,11H,18-19H2,1H3. The van der Waals surface area contributed by atoms with E-state index in [9.17, 15) is 4.39 Å². The van der Waals surface area contributed by atoms with Gasteiger partial charge in [-0.05, 0) is 23.8 Å². The Balaban J connectivity index is 2.15. The number of ether oxygens (including phenoxy) is 2. The summed E-state index contributed by atoms with van der Waals surface area (Å²) in [6.07, 6.45) is 5.23. The van der Waals surface area contributed by atoms with Crippen LogP contribution in [0.2, 0.25) is 0 Å². The highest BCUT2D eigenvalue weighted by atomic mass is 19.1. The monoisotopic (exact) mass is 286 g/mol. The second kappa shape index (κ2) is 5.01. The van der Waals surface area contributed by atoms with Crippen LogP contribution in [0, 0.1) is 5.82 Å². The molecule has 1 aromatic rings. The first-order chi connectivity index (χ1) is 10.1. The van der Waals surface area contributed by atoms with E-state index in [-0.39, 0.29) is 17.6 Å².